The molecule has 2 aromatic heterocycles. The third-order valence-electron chi connectivity index (χ3n) is 4.63. The number of nitrogens with zero attached hydrogens (tertiary/aromatic N) is 4. The maximum Gasteiger partial charge on any atom is 0.416 e. The van der Waals surface area contributed by atoms with Crippen molar-refractivity contribution in [2.45, 2.75) is 19.7 Å². The summed E-state index contributed by atoms with van der Waals surface area (Å²) in [6, 6.07) is 13.8. The smallest absolute Gasteiger partial charge is 0.269 e. The van der Waals surface area contributed by atoms with Crippen molar-refractivity contribution in [1.29, 1.82) is 0 Å². The number of halogens is 3. The van der Waals surface area contributed by atoms with Crippen LogP contribution in [-0.4, -0.2) is 25.9 Å². The van der Waals surface area contributed by atoms with Crippen LogP contribution in [-0.2, 0) is 17.6 Å². The van der Waals surface area contributed by atoms with Gasteiger partial charge in [-0.05, 0) is 36.8 Å². The number of carbonyl (C=O) groups excluding carboxylic acids is 1. The first kappa shape index (κ1) is 20.5. The van der Waals surface area contributed by atoms with Gasteiger partial charge < -0.3 is 0 Å². The number of alkyl halides is 3. The van der Waals surface area contributed by atoms with Gasteiger partial charge in [-0.1, -0.05) is 35.5 Å². The maximum absolute atomic E-state index is 12.6. The van der Waals surface area contributed by atoms with Crippen molar-refractivity contribution in [3.8, 4) is 5.69 Å². The summed E-state index contributed by atoms with van der Waals surface area (Å²) in [7, 11) is 0. The molecule has 4 rings (SSSR count). The summed E-state index contributed by atoms with van der Waals surface area (Å²) in [4.78, 5) is 21.9. The largest absolute Gasteiger partial charge is 0.416 e. The fraction of sp³-hybridized carbons (Fsp3) is 0.143. The molecule has 0 aliphatic rings. The maximum atomic E-state index is 12.6. The van der Waals surface area contributed by atoms with E-state index in [-0.39, 0.29) is 12.3 Å². The molecule has 4 aromatic rings. The minimum Gasteiger partial charge on any atom is -0.269 e. The van der Waals surface area contributed by atoms with E-state index in [0.29, 0.717) is 22.5 Å². The Morgan fingerprint density at radius 1 is 1.10 bits per heavy atom. The minimum atomic E-state index is -4.41. The molecule has 0 atom stereocenters. The molecule has 0 saturated heterocycles. The fourth-order valence-corrected chi connectivity index (χ4v) is 3.05. The van der Waals surface area contributed by atoms with Gasteiger partial charge in [0.25, 0.3) is 5.91 Å². The van der Waals surface area contributed by atoms with Crippen LogP contribution in [0.2, 0.25) is 0 Å². The van der Waals surface area contributed by atoms with E-state index in [1.807, 2.05) is 30.3 Å². The number of benzene rings is 2. The average molecular weight is 427 g/mol. The Morgan fingerprint density at radius 2 is 1.84 bits per heavy atom. The first-order valence-corrected chi connectivity index (χ1v) is 9.19. The van der Waals surface area contributed by atoms with Crippen LogP contribution in [0.5, 0.6) is 0 Å². The molecule has 10 heteroatoms. The zero-order valence-corrected chi connectivity index (χ0v) is 16.2. The molecule has 0 aliphatic carbocycles. The highest BCUT2D eigenvalue weighted by molar-refractivity contribution is 5.93. The van der Waals surface area contributed by atoms with E-state index in [0.717, 1.165) is 17.5 Å². The van der Waals surface area contributed by atoms with Crippen molar-refractivity contribution >= 4 is 16.8 Å². The highest BCUT2D eigenvalue weighted by Gasteiger charge is 2.29. The molecule has 0 fully saturated rings. The Kier molecular flexibility index (Phi) is 5.38. The van der Waals surface area contributed by atoms with Crippen molar-refractivity contribution in [3.63, 3.8) is 0 Å². The summed E-state index contributed by atoms with van der Waals surface area (Å²) in [5, 5.41) is 8.91. The molecule has 0 spiro atoms. The van der Waals surface area contributed by atoms with Crippen LogP contribution in [0.3, 0.4) is 0 Å². The van der Waals surface area contributed by atoms with E-state index in [1.165, 1.54) is 16.8 Å². The summed E-state index contributed by atoms with van der Waals surface area (Å²) < 4.78 is 39.3. The van der Waals surface area contributed by atoms with E-state index in [1.54, 1.807) is 13.1 Å². The lowest BCUT2D eigenvalue weighted by Crippen LogP contribution is -2.24. The van der Waals surface area contributed by atoms with Crippen molar-refractivity contribution in [2.75, 3.05) is 0 Å². The first-order chi connectivity index (χ1) is 14.8. The van der Waals surface area contributed by atoms with Gasteiger partial charge in [0.1, 0.15) is 0 Å². The van der Waals surface area contributed by atoms with Crippen molar-refractivity contribution in [2.24, 2.45) is 0 Å². The van der Waals surface area contributed by atoms with E-state index in [4.69, 9.17) is 4.84 Å². The number of nitrogens with one attached hydrogen (secondary N) is 1. The summed E-state index contributed by atoms with van der Waals surface area (Å²) >= 11 is 0. The monoisotopic (exact) mass is 427 g/mol. The first-order valence-electron chi connectivity index (χ1n) is 9.19. The highest BCUT2D eigenvalue weighted by atomic mass is 19.4. The molecule has 0 aliphatic heterocycles. The Labute approximate surface area is 174 Å². The zero-order chi connectivity index (χ0) is 22.0. The third-order valence-corrected chi connectivity index (χ3v) is 4.63. The number of carbonyl (C=O) groups is 1. The number of amides is 1. The summed E-state index contributed by atoms with van der Waals surface area (Å²) in [5.74, 6) is -0.621. The number of hydrogen-bond acceptors (Lipinski definition) is 5. The average Bonchev–Trinajstić information content (AvgIpc) is 3.14. The molecule has 2 aromatic carbocycles. The Morgan fingerprint density at radius 3 is 2.58 bits per heavy atom. The van der Waals surface area contributed by atoms with Gasteiger partial charge in [-0.2, -0.15) is 13.2 Å². The normalized spacial score (nSPS) is 11.6. The molecule has 0 radical (unpaired) electrons. The van der Waals surface area contributed by atoms with Gasteiger partial charge >= 0.3 is 6.18 Å². The highest BCUT2D eigenvalue weighted by Crippen LogP contribution is 2.29. The SMILES string of the molecule is Cc1c(C(=O)NOCc2ccc(C(F)(F)F)cc2)nnn1-c1cccc2cccnc12. The van der Waals surface area contributed by atoms with E-state index in [2.05, 4.69) is 20.8 Å². The molecule has 7 nitrogen and oxygen atoms in total. The molecule has 0 saturated carbocycles. The van der Waals surface area contributed by atoms with Gasteiger partial charge in [0.15, 0.2) is 5.69 Å². The summed E-state index contributed by atoms with van der Waals surface area (Å²) in [6.45, 7) is 1.58. The van der Waals surface area contributed by atoms with Crippen LogP contribution in [0.25, 0.3) is 16.6 Å². The van der Waals surface area contributed by atoms with Crippen LogP contribution in [0, 0.1) is 6.92 Å². The Hall–Kier alpha value is -3.79. The quantitative estimate of drug-likeness (QED) is 0.487. The van der Waals surface area contributed by atoms with Gasteiger partial charge in [0, 0.05) is 11.6 Å². The van der Waals surface area contributed by atoms with Crippen LogP contribution < -0.4 is 5.48 Å². The number of pyridine rings is 1. The van der Waals surface area contributed by atoms with E-state index >= 15 is 0 Å². The van der Waals surface area contributed by atoms with Crippen LogP contribution >= 0.6 is 0 Å². The number of para-hydroxylation sites is 1. The van der Waals surface area contributed by atoms with Gasteiger partial charge in [0.2, 0.25) is 0 Å². The molecule has 0 bridgehead atoms. The number of fused-ring (bicyclic) bond motifs is 1. The summed E-state index contributed by atoms with van der Waals surface area (Å²) in [6.07, 6.45) is -2.74. The second-order valence-electron chi connectivity index (χ2n) is 6.70. The second-order valence-corrected chi connectivity index (χ2v) is 6.70. The standard InChI is InChI=1S/C21H16F3N5O2/c1-13-18(20(30)27-31-12-14-7-9-16(10-8-14)21(22,23)24)26-28-29(13)17-6-2-4-15-5-3-11-25-19(15)17/h2-11H,12H2,1H3,(H,27,30). The number of rotatable bonds is 5. The molecule has 158 valence electrons. The Balaban J connectivity index is 1.45. The molecular formula is C21H16F3N5O2. The van der Waals surface area contributed by atoms with E-state index < -0.39 is 17.6 Å². The number of hydroxylamine groups is 1. The molecule has 1 amide bonds. The lowest BCUT2D eigenvalue weighted by atomic mass is 10.1. The van der Waals surface area contributed by atoms with Crippen molar-refractivity contribution in [1.82, 2.24) is 25.5 Å². The molecule has 31 heavy (non-hydrogen) atoms. The predicted molar refractivity (Wildman–Crippen MR) is 105 cm³/mol. The van der Waals surface area contributed by atoms with Crippen LogP contribution in [0.15, 0.2) is 60.8 Å². The topological polar surface area (TPSA) is 81.9 Å². The lowest BCUT2D eigenvalue weighted by molar-refractivity contribution is -0.137. The molecular weight excluding hydrogens is 411 g/mol. The van der Waals surface area contributed by atoms with E-state index in [9.17, 15) is 18.0 Å². The predicted octanol–water partition coefficient (Wildman–Crippen LogP) is 4.00. The van der Waals surface area contributed by atoms with Crippen LogP contribution in [0.4, 0.5) is 13.2 Å². The summed E-state index contributed by atoms with van der Waals surface area (Å²) in [5.41, 5.74) is 3.88. The zero-order valence-electron chi connectivity index (χ0n) is 16.2. The molecule has 2 heterocycles. The molecule has 0 unspecified atom stereocenters. The third kappa shape index (κ3) is 4.24. The van der Waals surface area contributed by atoms with Crippen LogP contribution in [0.1, 0.15) is 27.3 Å². The van der Waals surface area contributed by atoms with Gasteiger partial charge in [-0.15, -0.1) is 5.10 Å². The van der Waals surface area contributed by atoms with Gasteiger partial charge in [-0.3, -0.25) is 14.6 Å². The molecule has 1 N–H and O–H groups in total. The van der Waals surface area contributed by atoms with Gasteiger partial charge in [0.05, 0.1) is 29.1 Å². The van der Waals surface area contributed by atoms with Crippen molar-refractivity contribution in [3.05, 3.63) is 83.3 Å². The number of hydrogen-bond donors (Lipinski definition) is 1. The second kappa shape index (κ2) is 8.15. The minimum absolute atomic E-state index is 0.0559. The number of aromatic nitrogens is 4. The van der Waals surface area contributed by atoms with Gasteiger partial charge in [-0.25, -0.2) is 10.2 Å². The lowest BCUT2D eigenvalue weighted by Gasteiger charge is -2.09. The van der Waals surface area contributed by atoms with Crippen molar-refractivity contribution < 1.29 is 22.8 Å². The Bertz CT molecular complexity index is 1230. The fourth-order valence-electron chi connectivity index (χ4n) is 3.05.